The highest BCUT2D eigenvalue weighted by atomic mass is 35.5. The molecule has 1 rings (SSSR count). The van der Waals surface area contributed by atoms with Crippen LogP contribution >= 0.6 is 12.4 Å². The third kappa shape index (κ3) is 2.87. The summed E-state index contributed by atoms with van der Waals surface area (Å²) in [6.45, 7) is 2.07. The van der Waals surface area contributed by atoms with E-state index >= 15 is 0 Å². The van der Waals surface area contributed by atoms with Gasteiger partial charge < -0.3 is 5.73 Å². The third-order valence-electron chi connectivity index (χ3n) is 1.55. The molecule has 11 heavy (non-hydrogen) atoms. The molecule has 1 aromatic rings. The Morgan fingerprint density at radius 3 is 2.82 bits per heavy atom. The van der Waals surface area contributed by atoms with Gasteiger partial charge in [-0.25, -0.2) is 0 Å². The molecular formula is C8H13ClN2. The van der Waals surface area contributed by atoms with E-state index in [1.54, 1.807) is 6.20 Å². The Balaban J connectivity index is 0.000001000. The van der Waals surface area contributed by atoms with Gasteiger partial charge >= 0.3 is 0 Å². The van der Waals surface area contributed by atoms with Gasteiger partial charge in [-0.1, -0.05) is 13.0 Å². The molecule has 0 saturated carbocycles. The van der Waals surface area contributed by atoms with Gasteiger partial charge in [-0.05, 0) is 18.1 Å². The Hall–Kier alpha value is -0.600. The third-order valence-corrected chi connectivity index (χ3v) is 1.55. The summed E-state index contributed by atoms with van der Waals surface area (Å²) in [5.41, 5.74) is 6.87. The lowest BCUT2D eigenvalue weighted by Crippen LogP contribution is -2.08. The van der Waals surface area contributed by atoms with E-state index in [9.17, 15) is 0 Å². The fraction of sp³-hybridized carbons (Fsp3) is 0.375. The van der Waals surface area contributed by atoms with Crippen LogP contribution in [0.5, 0.6) is 0 Å². The predicted molar refractivity (Wildman–Crippen MR) is 48.7 cm³/mol. The molecule has 0 aromatic carbocycles. The summed E-state index contributed by atoms with van der Waals surface area (Å²) in [6, 6.07) is 4.06. The van der Waals surface area contributed by atoms with Gasteiger partial charge in [-0.2, -0.15) is 0 Å². The van der Waals surface area contributed by atoms with Crippen molar-refractivity contribution in [2.24, 2.45) is 5.73 Å². The molecule has 3 heteroatoms. The fourth-order valence-electron chi connectivity index (χ4n) is 0.831. The molecule has 1 heterocycles. The predicted octanol–water partition coefficient (Wildman–Crippen LogP) is 1.91. The van der Waals surface area contributed by atoms with E-state index in [1.807, 2.05) is 18.3 Å². The maximum Gasteiger partial charge on any atom is 0.0315 e. The largest absolute Gasteiger partial charge is 0.324 e. The van der Waals surface area contributed by atoms with Crippen molar-refractivity contribution in [2.75, 3.05) is 0 Å². The summed E-state index contributed by atoms with van der Waals surface area (Å²) in [4.78, 5) is 3.97. The number of nitrogens with zero attached hydrogens (tertiary/aromatic N) is 1. The first-order chi connectivity index (χ1) is 4.84. The molecule has 2 N–H and O–H groups in total. The molecule has 0 spiro atoms. The van der Waals surface area contributed by atoms with E-state index in [4.69, 9.17) is 5.73 Å². The maximum atomic E-state index is 5.75. The molecule has 0 aliphatic rings. The van der Waals surface area contributed by atoms with E-state index in [0.717, 1.165) is 12.0 Å². The lowest BCUT2D eigenvalue weighted by Gasteiger charge is -2.06. The molecule has 2 nitrogen and oxygen atoms in total. The number of rotatable bonds is 2. The van der Waals surface area contributed by atoms with Crippen molar-refractivity contribution in [1.29, 1.82) is 0 Å². The molecule has 0 fully saturated rings. The average Bonchev–Trinajstić information content (AvgIpc) is 2.05. The van der Waals surface area contributed by atoms with E-state index in [1.165, 1.54) is 0 Å². The van der Waals surface area contributed by atoms with Crippen molar-refractivity contribution in [1.82, 2.24) is 4.98 Å². The molecule has 62 valence electrons. The van der Waals surface area contributed by atoms with Crippen LogP contribution in [0.3, 0.4) is 0 Å². The van der Waals surface area contributed by atoms with E-state index in [-0.39, 0.29) is 18.4 Å². The van der Waals surface area contributed by atoms with Crippen LogP contribution in [0, 0.1) is 0 Å². The van der Waals surface area contributed by atoms with Crippen LogP contribution in [0.15, 0.2) is 24.5 Å². The van der Waals surface area contributed by atoms with Gasteiger partial charge in [0.2, 0.25) is 0 Å². The van der Waals surface area contributed by atoms with Crippen LogP contribution in [0.1, 0.15) is 24.9 Å². The summed E-state index contributed by atoms with van der Waals surface area (Å²) < 4.78 is 0. The monoisotopic (exact) mass is 172 g/mol. The fourth-order valence-corrected chi connectivity index (χ4v) is 0.831. The van der Waals surface area contributed by atoms with Crippen molar-refractivity contribution in [3.8, 4) is 0 Å². The lowest BCUT2D eigenvalue weighted by atomic mass is 10.1. The Morgan fingerprint density at radius 1 is 1.64 bits per heavy atom. The first kappa shape index (κ1) is 10.4. The van der Waals surface area contributed by atoms with Crippen molar-refractivity contribution < 1.29 is 0 Å². The molecule has 0 aliphatic carbocycles. The number of hydrogen-bond donors (Lipinski definition) is 1. The summed E-state index contributed by atoms with van der Waals surface area (Å²) in [7, 11) is 0. The maximum absolute atomic E-state index is 5.75. The second-order valence-electron chi connectivity index (χ2n) is 2.30. The van der Waals surface area contributed by atoms with Crippen LogP contribution < -0.4 is 5.73 Å². The Morgan fingerprint density at radius 2 is 2.36 bits per heavy atom. The Kier molecular flexibility index (Phi) is 4.83. The number of pyridine rings is 1. The molecule has 0 unspecified atom stereocenters. The van der Waals surface area contributed by atoms with E-state index < -0.39 is 0 Å². The average molecular weight is 173 g/mol. The van der Waals surface area contributed by atoms with Crippen molar-refractivity contribution >= 4 is 12.4 Å². The highest BCUT2D eigenvalue weighted by molar-refractivity contribution is 5.85. The smallest absolute Gasteiger partial charge is 0.0315 e. The van der Waals surface area contributed by atoms with E-state index in [2.05, 4.69) is 11.9 Å². The van der Waals surface area contributed by atoms with Gasteiger partial charge in [-0.15, -0.1) is 12.4 Å². The number of nitrogens with two attached hydrogens (primary N) is 1. The van der Waals surface area contributed by atoms with Gasteiger partial charge in [0.15, 0.2) is 0 Å². The molecule has 0 aliphatic heterocycles. The zero-order chi connectivity index (χ0) is 7.40. The first-order valence-electron chi connectivity index (χ1n) is 3.50. The minimum Gasteiger partial charge on any atom is -0.324 e. The SMILES string of the molecule is CC[C@@H](N)c1cccnc1.Cl. The van der Waals surface area contributed by atoms with Crippen LogP contribution in [0.25, 0.3) is 0 Å². The topological polar surface area (TPSA) is 38.9 Å². The van der Waals surface area contributed by atoms with Crippen molar-refractivity contribution in [2.45, 2.75) is 19.4 Å². The summed E-state index contributed by atoms with van der Waals surface area (Å²) in [5, 5.41) is 0. The zero-order valence-corrected chi connectivity index (χ0v) is 7.34. The Labute approximate surface area is 73.2 Å². The van der Waals surface area contributed by atoms with Gasteiger partial charge in [0.25, 0.3) is 0 Å². The van der Waals surface area contributed by atoms with Crippen molar-refractivity contribution in [3.05, 3.63) is 30.1 Å². The standard InChI is InChI=1S/C8H12N2.ClH/c1-2-8(9)7-4-3-5-10-6-7;/h3-6,8H,2,9H2,1H3;1H/t8-;/m1./s1. The molecule has 0 amide bonds. The van der Waals surface area contributed by atoms with Crippen molar-refractivity contribution in [3.63, 3.8) is 0 Å². The summed E-state index contributed by atoms with van der Waals surface area (Å²) in [5.74, 6) is 0. The van der Waals surface area contributed by atoms with Gasteiger partial charge in [0.05, 0.1) is 0 Å². The van der Waals surface area contributed by atoms with Crippen LogP contribution in [-0.2, 0) is 0 Å². The summed E-state index contributed by atoms with van der Waals surface area (Å²) in [6.07, 6.45) is 4.53. The molecular weight excluding hydrogens is 160 g/mol. The first-order valence-corrected chi connectivity index (χ1v) is 3.50. The van der Waals surface area contributed by atoms with Gasteiger partial charge in [0.1, 0.15) is 0 Å². The zero-order valence-electron chi connectivity index (χ0n) is 6.53. The highest BCUT2D eigenvalue weighted by Gasteiger charge is 1.99. The second-order valence-corrected chi connectivity index (χ2v) is 2.30. The molecule has 0 saturated heterocycles. The number of hydrogen-bond acceptors (Lipinski definition) is 2. The molecule has 1 atom stereocenters. The minimum atomic E-state index is 0. The van der Waals surface area contributed by atoms with Crippen LogP contribution in [0.2, 0.25) is 0 Å². The van der Waals surface area contributed by atoms with Gasteiger partial charge in [-0.3, -0.25) is 4.98 Å². The quantitative estimate of drug-likeness (QED) is 0.741. The normalized spacial score (nSPS) is 11.8. The number of aromatic nitrogens is 1. The lowest BCUT2D eigenvalue weighted by molar-refractivity contribution is 0.695. The molecule has 0 bridgehead atoms. The second kappa shape index (κ2) is 5.10. The van der Waals surface area contributed by atoms with Gasteiger partial charge in [0, 0.05) is 18.4 Å². The van der Waals surface area contributed by atoms with Crippen LogP contribution in [0.4, 0.5) is 0 Å². The van der Waals surface area contributed by atoms with E-state index in [0.29, 0.717) is 0 Å². The Bertz CT molecular complexity index is 189. The highest BCUT2D eigenvalue weighted by Crippen LogP contribution is 2.10. The molecule has 0 radical (unpaired) electrons. The molecule has 1 aromatic heterocycles. The van der Waals surface area contributed by atoms with Crippen LogP contribution in [-0.4, -0.2) is 4.98 Å². The number of halogens is 1. The minimum absolute atomic E-state index is 0. The summed E-state index contributed by atoms with van der Waals surface area (Å²) >= 11 is 0.